The largest absolute Gasteiger partial charge is 0.221 e. The highest BCUT2D eigenvalue weighted by Crippen LogP contribution is 2.40. The van der Waals surface area contributed by atoms with Crippen LogP contribution in [0, 0.1) is 0 Å². The predicted molar refractivity (Wildman–Crippen MR) is 76.2 cm³/mol. The van der Waals surface area contributed by atoms with E-state index in [9.17, 15) is 0 Å². The summed E-state index contributed by atoms with van der Waals surface area (Å²) in [7, 11) is 0. The third kappa shape index (κ3) is 2.18. The lowest BCUT2D eigenvalue weighted by Gasteiger charge is -2.06. The predicted octanol–water partition coefficient (Wildman–Crippen LogP) is 4.48. The van der Waals surface area contributed by atoms with E-state index in [0.717, 1.165) is 22.5 Å². The van der Waals surface area contributed by atoms with Gasteiger partial charge in [-0.05, 0) is 31.1 Å². The summed E-state index contributed by atoms with van der Waals surface area (Å²) < 4.78 is 0. The van der Waals surface area contributed by atoms with Gasteiger partial charge in [-0.1, -0.05) is 18.5 Å². The Bertz CT molecular complexity index is 547. The maximum atomic E-state index is 6.26. The van der Waals surface area contributed by atoms with Gasteiger partial charge in [0.25, 0.3) is 0 Å². The molecule has 1 aliphatic rings. The number of aryl methyl sites for hydroxylation is 1. The summed E-state index contributed by atoms with van der Waals surface area (Å²) in [5.74, 6) is 2.14. The van der Waals surface area contributed by atoms with Gasteiger partial charge >= 0.3 is 0 Å². The van der Waals surface area contributed by atoms with Crippen LogP contribution in [-0.4, -0.2) is 15.7 Å². The van der Waals surface area contributed by atoms with Crippen molar-refractivity contribution in [3.8, 4) is 0 Å². The molecule has 0 spiro atoms. The van der Waals surface area contributed by atoms with E-state index in [1.807, 2.05) is 11.8 Å². The smallest absolute Gasteiger partial charge is 0.144 e. The summed E-state index contributed by atoms with van der Waals surface area (Å²) in [4.78, 5) is 11.5. The number of thiophene rings is 1. The Morgan fingerprint density at radius 1 is 1.47 bits per heavy atom. The lowest BCUT2D eigenvalue weighted by Crippen LogP contribution is -1.97. The molecule has 1 unspecified atom stereocenters. The second kappa shape index (κ2) is 4.75. The van der Waals surface area contributed by atoms with Crippen molar-refractivity contribution in [2.45, 2.75) is 31.4 Å². The van der Waals surface area contributed by atoms with E-state index in [2.05, 4.69) is 23.0 Å². The first-order valence-corrected chi connectivity index (χ1v) is 8.09. The molecule has 5 heteroatoms. The molecule has 0 amide bonds. The van der Waals surface area contributed by atoms with Crippen LogP contribution in [0.4, 0.5) is 0 Å². The van der Waals surface area contributed by atoms with Crippen LogP contribution in [0.15, 0.2) is 6.07 Å². The van der Waals surface area contributed by atoms with Crippen LogP contribution < -0.4 is 0 Å². The molecule has 3 heterocycles. The molecule has 1 aliphatic heterocycles. The molecule has 0 radical (unpaired) electrons. The maximum Gasteiger partial charge on any atom is 0.144 e. The molecule has 0 bridgehead atoms. The van der Waals surface area contributed by atoms with E-state index in [-0.39, 0.29) is 0 Å². The summed E-state index contributed by atoms with van der Waals surface area (Å²) in [5, 5.41) is 2.08. The van der Waals surface area contributed by atoms with Gasteiger partial charge in [0, 0.05) is 10.3 Å². The third-order valence-electron chi connectivity index (χ3n) is 2.98. The normalized spacial score (nSPS) is 20.2. The van der Waals surface area contributed by atoms with Gasteiger partial charge in [-0.2, -0.15) is 11.8 Å². The number of fused-ring (bicyclic) bond motifs is 1. The van der Waals surface area contributed by atoms with Crippen LogP contribution in [-0.2, 0) is 6.42 Å². The van der Waals surface area contributed by atoms with E-state index in [1.54, 1.807) is 11.3 Å². The van der Waals surface area contributed by atoms with Crippen LogP contribution >= 0.6 is 34.7 Å². The van der Waals surface area contributed by atoms with E-state index < -0.39 is 0 Å². The fourth-order valence-corrected chi connectivity index (χ4v) is 4.52. The van der Waals surface area contributed by atoms with Crippen LogP contribution in [0.25, 0.3) is 10.2 Å². The Balaban J connectivity index is 2.09. The average Bonchev–Trinajstić information content (AvgIpc) is 2.97. The summed E-state index contributed by atoms with van der Waals surface area (Å²) >= 11 is 9.94. The molecule has 1 saturated heterocycles. The van der Waals surface area contributed by atoms with Gasteiger partial charge in [0.05, 0.1) is 5.25 Å². The van der Waals surface area contributed by atoms with E-state index in [0.29, 0.717) is 10.4 Å². The van der Waals surface area contributed by atoms with Crippen LogP contribution in [0.2, 0.25) is 5.15 Å². The highest BCUT2D eigenvalue weighted by atomic mass is 35.5. The Morgan fingerprint density at radius 2 is 2.35 bits per heavy atom. The summed E-state index contributed by atoms with van der Waals surface area (Å²) in [6.07, 6.45) is 3.47. The Kier molecular flexibility index (Phi) is 3.28. The maximum absolute atomic E-state index is 6.26. The molecule has 2 aromatic rings. The van der Waals surface area contributed by atoms with Gasteiger partial charge in [0.2, 0.25) is 0 Å². The Morgan fingerprint density at radius 3 is 3.06 bits per heavy atom. The van der Waals surface area contributed by atoms with Crippen LogP contribution in [0.3, 0.4) is 0 Å². The standard InChI is InChI=1S/C12H13ClN2S2/c1-2-7-6-8-10(13)14-11(15-12(8)17-7)9-4-3-5-16-9/h6,9H,2-5H2,1H3. The second-order valence-corrected chi connectivity index (χ2v) is 6.94. The molecule has 90 valence electrons. The molecule has 2 aromatic heterocycles. The Hall–Kier alpha value is -0.320. The van der Waals surface area contributed by atoms with Crippen molar-refractivity contribution >= 4 is 44.9 Å². The topological polar surface area (TPSA) is 25.8 Å². The number of rotatable bonds is 2. The summed E-state index contributed by atoms with van der Waals surface area (Å²) in [6, 6.07) is 2.12. The first-order valence-electron chi connectivity index (χ1n) is 5.85. The SMILES string of the molecule is CCc1cc2c(Cl)nc(C3CCCS3)nc2s1. The molecule has 17 heavy (non-hydrogen) atoms. The zero-order chi connectivity index (χ0) is 11.8. The van der Waals surface area contributed by atoms with Crippen molar-refractivity contribution in [1.29, 1.82) is 0 Å². The zero-order valence-corrected chi connectivity index (χ0v) is 12.0. The van der Waals surface area contributed by atoms with Crippen LogP contribution in [0.5, 0.6) is 0 Å². The van der Waals surface area contributed by atoms with Gasteiger partial charge in [-0.3, -0.25) is 0 Å². The molecule has 0 saturated carbocycles. The van der Waals surface area contributed by atoms with Gasteiger partial charge < -0.3 is 0 Å². The number of hydrogen-bond donors (Lipinski definition) is 0. The quantitative estimate of drug-likeness (QED) is 0.761. The van der Waals surface area contributed by atoms with Crippen molar-refractivity contribution in [1.82, 2.24) is 9.97 Å². The number of halogens is 1. The number of thioether (sulfide) groups is 1. The van der Waals surface area contributed by atoms with E-state index in [4.69, 9.17) is 11.6 Å². The average molecular weight is 285 g/mol. The Labute approximate surface area is 114 Å². The zero-order valence-electron chi connectivity index (χ0n) is 9.57. The van der Waals surface area contributed by atoms with Crippen molar-refractivity contribution in [2.24, 2.45) is 0 Å². The molecule has 1 atom stereocenters. The highest BCUT2D eigenvalue weighted by Gasteiger charge is 2.22. The number of hydrogen-bond acceptors (Lipinski definition) is 4. The number of nitrogens with zero attached hydrogens (tertiary/aromatic N) is 2. The summed E-state index contributed by atoms with van der Waals surface area (Å²) in [6.45, 7) is 2.15. The summed E-state index contributed by atoms with van der Waals surface area (Å²) in [5.41, 5.74) is 0. The monoisotopic (exact) mass is 284 g/mol. The minimum absolute atomic E-state index is 0.448. The van der Waals surface area contributed by atoms with Crippen LogP contribution in [0.1, 0.15) is 35.7 Å². The van der Waals surface area contributed by atoms with Crippen molar-refractivity contribution in [2.75, 3.05) is 5.75 Å². The van der Waals surface area contributed by atoms with Gasteiger partial charge in [0.15, 0.2) is 0 Å². The van der Waals surface area contributed by atoms with E-state index >= 15 is 0 Å². The third-order valence-corrected chi connectivity index (χ3v) is 5.82. The van der Waals surface area contributed by atoms with Crippen molar-refractivity contribution in [3.05, 3.63) is 21.9 Å². The fraction of sp³-hybridized carbons (Fsp3) is 0.500. The lowest BCUT2D eigenvalue weighted by molar-refractivity contribution is 0.783. The first-order chi connectivity index (χ1) is 8.28. The van der Waals surface area contributed by atoms with Gasteiger partial charge in [-0.15, -0.1) is 11.3 Å². The molecule has 1 fully saturated rings. The van der Waals surface area contributed by atoms with Crippen molar-refractivity contribution in [3.63, 3.8) is 0 Å². The molecule has 3 rings (SSSR count). The van der Waals surface area contributed by atoms with Gasteiger partial charge in [0.1, 0.15) is 15.8 Å². The minimum atomic E-state index is 0.448. The second-order valence-electron chi connectivity index (χ2n) is 4.16. The molecular formula is C12H13ClN2S2. The fourth-order valence-electron chi connectivity index (χ4n) is 2.05. The van der Waals surface area contributed by atoms with E-state index in [1.165, 1.54) is 23.5 Å². The molecule has 0 aliphatic carbocycles. The molecule has 0 aromatic carbocycles. The first kappa shape index (κ1) is 11.8. The highest BCUT2D eigenvalue weighted by molar-refractivity contribution is 7.99. The molecule has 0 N–H and O–H groups in total. The molecule has 2 nitrogen and oxygen atoms in total. The lowest BCUT2D eigenvalue weighted by atomic mass is 10.2. The molecular weight excluding hydrogens is 272 g/mol. The van der Waals surface area contributed by atoms with Gasteiger partial charge in [-0.25, -0.2) is 9.97 Å². The minimum Gasteiger partial charge on any atom is -0.221 e. The van der Waals surface area contributed by atoms with Crippen molar-refractivity contribution < 1.29 is 0 Å². The number of aromatic nitrogens is 2.